The van der Waals surface area contributed by atoms with Gasteiger partial charge in [-0.3, -0.25) is 4.90 Å². The lowest BCUT2D eigenvalue weighted by molar-refractivity contribution is 0.200. The molecule has 0 aliphatic carbocycles. The molecule has 0 spiro atoms. The highest BCUT2D eigenvalue weighted by Crippen LogP contribution is 2.32. The predicted molar refractivity (Wildman–Crippen MR) is 117 cm³/mol. The maximum absolute atomic E-state index is 5.54. The van der Waals surface area contributed by atoms with Crippen LogP contribution in [0.1, 0.15) is 36.0 Å². The van der Waals surface area contributed by atoms with Crippen LogP contribution >= 0.6 is 12.4 Å². The molecule has 0 radical (unpaired) electrons. The maximum Gasteiger partial charge on any atom is 0.147 e. The summed E-state index contributed by atoms with van der Waals surface area (Å²) in [5, 5.41) is 14.8. The van der Waals surface area contributed by atoms with Gasteiger partial charge in [0.15, 0.2) is 0 Å². The van der Waals surface area contributed by atoms with Crippen molar-refractivity contribution in [2.24, 2.45) is 0 Å². The molecule has 1 fully saturated rings. The summed E-state index contributed by atoms with van der Waals surface area (Å²) in [4.78, 5) is 2.57. The van der Waals surface area contributed by atoms with E-state index in [1.807, 2.05) is 0 Å². The Labute approximate surface area is 177 Å². The molecule has 2 aromatic carbocycles. The van der Waals surface area contributed by atoms with Gasteiger partial charge in [-0.15, -0.1) is 22.6 Å². The number of hydrogen-bond acceptors (Lipinski definition) is 5. The van der Waals surface area contributed by atoms with Crippen LogP contribution < -0.4 is 10.1 Å². The molecule has 0 amide bonds. The number of ether oxygens (including phenoxy) is 1. The van der Waals surface area contributed by atoms with Crippen molar-refractivity contribution in [1.82, 2.24) is 25.0 Å². The molecule has 0 bridgehead atoms. The summed E-state index contributed by atoms with van der Waals surface area (Å²) in [6.45, 7) is 6.05. The molecule has 1 aromatic heterocycles. The van der Waals surface area contributed by atoms with Crippen LogP contribution in [0.4, 0.5) is 0 Å². The Kier molecular flexibility index (Phi) is 6.04. The number of piperidine rings is 1. The molecule has 2 aliphatic rings. The average molecular weight is 414 g/mol. The molecule has 29 heavy (non-hydrogen) atoms. The van der Waals surface area contributed by atoms with Gasteiger partial charge < -0.3 is 14.6 Å². The second kappa shape index (κ2) is 8.69. The van der Waals surface area contributed by atoms with E-state index in [2.05, 4.69) is 61.4 Å². The van der Waals surface area contributed by atoms with Gasteiger partial charge in [0, 0.05) is 30.9 Å². The molecule has 3 aromatic rings. The number of methoxy groups -OCH3 is 1. The van der Waals surface area contributed by atoms with E-state index in [4.69, 9.17) is 4.74 Å². The summed E-state index contributed by atoms with van der Waals surface area (Å²) >= 11 is 0. The van der Waals surface area contributed by atoms with Gasteiger partial charge in [0.05, 0.1) is 13.7 Å². The molecule has 3 heterocycles. The van der Waals surface area contributed by atoms with Crippen LogP contribution in [-0.2, 0) is 19.6 Å². The van der Waals surface area contributed by atoms with Crippen LogP contribution in [0, 0.1) is 0 Å². The van der Waals surface area contributed by atoms with Gasteiger partial charge in [0.2, 0.25) is 0 Å². The van der Waals surface area contributed by atoms with E-state index in [1.165, 1.54) is 22.2 Å². The number of fused-ring (bicyclic) bond motifs is 2. The molecule has 2 aliphatic heterocycles. The predicted octanol–water partition coefficient (Wildman–Crippen LogP) is 3.34. The molecule has 5 rings (SSSR count). The van der Waals surface area contributed by atoms with Crippen LogP contribution in [0.25, 0.3) is 10.8 Å². The Balaban J connectivity index is 0.00000205. The van der Waals surface area contributed by atoms with Gasteiger partial charge in [0.1, 0.15) is 17.4 Å². The Hall–Kier alpha value is -2.15. The third-order valence-electron chi connectivity index (χ3n) is 6.19. The lowest BCUT2D eigenvalue weighted by Crippen LogP contribution is -2.34. The highest BCUT2D eigenvalue weighted by molar-refractivity contribution is 5.91. The minimum Gasteiger partial charge on any atom is -0.496 e. The molecule has 6 nitrogen and oxygen atoms in total. The van der Waals surface area contributed by atoms with E-state index in [-0.39, 0.29) is 12.4 Å². The maximum atomic E-state index is 5.54. The quantitative estimate of drug-likeness (QED) is 0.710. The van der Waals surface area contributed by atoms with Crippen molar-refractivity contribution in [3.8, 4) is 5.75 Å². The Morgan fingerprint density at radius 3 is 2.62 bits per heavy atom. The number of nitrogens with zero attached hydrogens (tertiary/aromatic N) is 4. The van der Waals surface area contributed by atoms with E-state index in [9.17, 15) is 0 Å². The van der Waals surface area contributed by atoms with Crippen molar-refractivity contribution in [1.29, 1.82) is 0 Å². The lowest BCUT2D eigenvalue weighted by atomic mass is 9.95. The fourth-order valence-electron chi connectivity index (χ4n) is 4.66. The summed E-state index contributed by atoms with van der Waals surface area (Å²) < 4.78 is 7.88. The van der Waals surface area contributed by atoms with Crippen molar-refractivity contribution >= 4 is 23.2 Å². The highest BCUT2D eigenvalue weighted by Gasteiger charge is 2.27. The van der Waals surface area contributed by atoms with Crippen LogP contribution in [-0.4, -0.2) is 46.4 Å². The molecule has 0 unspecified atom stereocenters. The first-order valence-electron chi connectivity index (χ1n) is 10.2. The number of aromatic nitrogens is 3. The van der Waals surface area contributed by atoms with E-state index in [1.54, 1.807) is 7.11 Å². The van der Waals surface area contributed by atoms with Crippen molar-refractivity contribution in [2.75, 3.05) is 26.7 Å². The first-order valence-corrected chi connectivity index (χ1v) is 10.2. The first kappa shape index (κ1) is 20.1. The van der Waals surface area contributed by atoms with Crippen molar-refractivity contribution in [2.45, 2.75) is 38.4 Å². The van der Waals surface area contributed by atoms with Gasteiger partial charge in [-0.2, -0.15) is 0 Å². The average Bonchev–Trinajstić information content (AvgIpc) is 3.19. The first-order chi connectivity index (χ1) is 13.8. The van der Waals surface area contributed by atoms with Crippen molar-refractivity contribution in [3.05, 3.63) is 53.6 Å². The molecular formula is C22H28ClN5O. The summed E-state index contributed by atoms with van der Waals surface area (Å²) in [5.74, 6) is 3.77. The second-order valence-corrected chi connectivity index (χ2v) is 7.83. The normalized spacial score (nSPS) is 17.7. The third kappa shape index (κ3) is 3.84. The highest BCUT2D eigenvalue weighted by atomic mass is 35.5. The number of likely N-dealkylation sites (tertiary alicyclic amines) is 1. The molecule has 7 heteroatoms. The third-order valence-corrected chi connectivity index (χ3v) is 6.19. The zero-order valence-corrected chi connectivity index (χ0v) is 17.6. The van der Waals surface area contributed by atoms with Crippen molar-refractivity contribution in [3.63, 3.8) is 0 Å². The number of halogens is 1. The molecular weight excluding hydrogens is 386 g/mol. The molecule has 154 valence electrons. The molecule has 1 N–H and O–H groups in total. The number of hydrogen-bond donors (Lipinski definition) is 1. The zero-order chi connectivity index (χ0) is 18.9. The van der Waals surface area contributed by atoms with Gasteiger partial charge in [-0.05, 0) is 42.9 Å². The van der Waals surface area contributed by atoms with Crippen LogP contribution in [0.15, 0.2) is 36.4 Å². The van der Waals surface area contributed by atoms with E-state index < -0.39 is 0 Å². The van der Waals surface area contributed by atoms with Crippen molar-refractivity contribution < 1.29 is 4.74 Å². The van der Waals surface area contributed by atoms with Gasteiger partial charge >= 0.3 is 0 Å². The van der Waals surface area contributed by atoms with Crippen LogP contribution in [0.3, 0.4) is 0 Å². The zero-order valence-electron chi connectivity index (χ0n) is 16.8. The number of benzene rings is 2. The van der Waals surface area contributed by atoms with E-state index in [0.717, 1.165) is 63.7 Å². The Morgan fingerprint density at radius 2 is 1.83 bits per heavy atom. The smallest absolute Gasteiger partial charge is 0.147 e. The molecule has 0 saturated carbocycles. The Bertz CT molecular complexity index is 980. The van der Waals surface area contributed by atoms with Crippen LogP contribution in [0.2, 0.25) is 0 Å². The number of rotatable bonds is 4. The summed E-state index contributed by atoms with van der Waals surface area (Å²) in [7, 11) is 1.74. The minimum absolute atomic E-state index is 0. The Morgan fingerprint density at radius 1 is 1.03 bits per heavy atom. The number of nitrogens with one attached hydrogen (secondary N) is 1. The standard InChI is InChI=1S/C22H27N5O.ClH/c1-28-20-7-6-17(18-4-2-3-5-19(18)20)15-26-11-8-16(9-12-26)22-25-24-21-14-23-10-13-27(21)22;/h2-7,16,23H,8-15H2,1H3;1H. The lowest BCUT2D eigenvalue weighted by Gasteiger charge is -2.32. The monoisotopic (exact) mass is 413 g/mol. The van der Waals surface area contributed by atoms with Gasteiger partial charge in [-0.25, -0.2) is 0 Å². The topological polar surface area (TPSA) is 55.2 Å². The fourth-order valence-corrected chi connectivity index (χ4v) is 4.66. The molecule has 0 atom stereocenters. The second-order valence-electron chi connectivity index (χ2n) is 7.83. The fraction of sp³-hybridized carbons (Fsp3) is 0.455. The van der Waals surface area contributed by atoms with Gasteiger partial charge in [-0.1, -0.05) is 30.3 Å². The van der Waals surface area contributed by atoms with E-state index >= 15 is 0 Å². The summed E-state index contributed by atoms with van der Waals surface area (Å²) in [5.41, 5.74) is 1.38. The SMILES string of the molecule is COc1ccc(CN2CCC(c3nnc4n3CCNC4)CC2)c2ccccc12.Cl. The summed E-state index contributed by atoms with van der Waals surface area (Å²) in [6.07, 6.45) is 2.30. The van der Waals surface area contributed by atoms with Crippen LogP contribution in [0.5, 0.6) is 5.75 Å². The van der Waals surface area contributed by atoms with E-state index in [0.29, 0.717) is 5.92 Å². The minimum atomic E-state index is 0. The summed E-state index contributed by atoms with van der Waals surface area (Å²) in [6, 6.07) is 12.9. The molecule has 1 saturated heterocycles. The van der Waals surface area contributed by atoms with Gasteiger partial charge in [0.25, 0.3) is 0 Å². The largest absolute Gasteiger partial charge is 0.496 e.